The van der Waals surface area contributed by atoms with Crippen LogP contribution in [0.3, 0.4) is 0 Å². The highest BCUT2D eigenvalue weighted by Crippen LogP contribution is 2.47. The number of anilines is 6. The summed E-state index contributed by atoms with van der Waals surface area (Å²) in [5.41, 5.74) is 8.42. The van der Waals surface area contributed by atoms with Crippen molar-refractivity contribution in [1.82, 2.24) is 0 Å². The van der Waals surface area contributed by atoms with Crippen molar-refractivity contribution in [2.45, 2.75) is 55.4 Å². The molecule has 0 unspecified atom stereocenters. The van der Waals surface area contributed by atoms with Crippen LogP contribution in [-0.2, 0) is 0 Å². The van der Waals surface area contributed by atoms with E-state index in [4.69, 9.17) is 5.10 Å². The Morgan fingerprint density at radius 3 is 1.29 bits per heavy atom. The number of nitrogens with zero attached hydrogens (tertiary/aromatic N) is 6. The van der Waals surface area contributed by atoms with E-state index in [1.807, 2.05) is 17.1 Å². The molecule has 3 aromatic rings. The fourth-order valence-electron chi connectivity index (χ4n) is 5.66. The van der Waals surface area contributed by atoms with Crippen molar-refractivity contribution < 1.29 is 0 Å². The Hall–Kier alpha value is -3.67. The van der Waals surface area contributed by atoms with Crippen LogP contribution in [0.2, 0.25) is 0 Å². The summed E-state index contributed by atoms with van der Waals surface area (Å²) in [6, 6.07) is 23.2. The highest BCUT2D eigenvalue weighted by atomic mass is 15.5. The normalized spacial score (nSPS) is 11.1. The number of para-hydroxylation sites is 2. The number of benzene rings is 3. The summed E-state index contributed by atoms with van der Waals surface area (Å²) >= 11 is 0. The number of hydrogen-bond donors (Lipinski definition) is 0. The van der Waals surface area contributed by atoms with Gasteiger partial charge in [-0.1, -0.05) is 36.4 Å². The monoisotopic (exact) mass is 556 g/mol. The fourth-order valence-corrected chi connectivity index (χ4v) is 5.66. The maximum absolute atomic E-state index is 5.20. The van der Waals surface area contributed by atoms with Gasteiger partial charge < -0.3 is 19.6 Å². The van der Waals surface area contributed by atoms with Crippen LogP contribution in [-0.4, -0.2) is 58.6 Å². The van der Waals surface area contributed by atoms with E-state index in [2.05, 4.69) is 136 Å². The minimum atomic E-state index is 0.926. The van der Waals surface area contributed by atoms with Crippen LogP contribution in [0, 0.1) is 0 Å². The van der Waals surface area contributed by atoms with Crippen LogP contribution in [0.1, 0.15) is 61.0 Å². The zero-order chi connectivity index (χ0) is 29.8. The van der Waals surface area contributed by atoms with E-state index in [1.165, 1.54) is 22.7 Å². The molecular weight excluding hydrogens is 504 g/mol. The van der Waals surface area contributed by atoms with Gasteiger partial charge in [0, 0.05) is 57.9 Å². The molecule has 0 N–H and O–H groups in total. The van der Waals surface area contributed by atoms with Gasteiger partial charge in [0.15, 0.2) is 0 Å². The first kappa shape index (κ1) is 31.9. The molecule has 0 aromatic heterocycles. The van der Waals surface area contributed by atoms with E-state index in [0.29, 0.717) is 0 Å². The van der Waals surface area contributed by atoms with Crippen molar-refractivity contribution in [2.75, 3.05) is 77.0 Å². The van der Waals surface area contributed by atoms with Crippen LogP contribution in [0.15, 0.2) is 71.8 Å². The van der Waals surface area contributed by atoms with Crippen molar-refractivity contribution >= 4 is 40.3 Å². The number of hydrogen-bond acceptors (Lipinski definition) is 6. The molecule has 0 aliphatic heterocycles. The largest absolute Gasteiger partial charge is 0.370 e. The van der Waals surface area contributed by atoms with Crippen molar-refractivity contribution in [3.63, 3.8) is 0 Å². The lowest BCUT2D eigenvalue weighted by Crippen LogP contribution is -2.35. The highest BCUT2D eigenvalue weighted by molar-refractivity contribution is 6.04. The molecule has 0 atom stereocenters. The topological polar surface area (TPSA) is 28.6 Å². The zero-order valence-electron chi connectivity index (χ0n) is 26.8. The Kier molecular flexibility index (Phi) is 12.4. The first-order valence-corrected chi connectivity index (χ1v) is 15.7. The Bertz CT molecular complexity index is 1150. The third-order valence-corrected chi connectivity index (χ3v) is 7.91. The Morgan fingerprint density at radius 1 is 0.488 bits per heavy atom. The summed E-state index contributed by atoms with van der Waals surface area (Å²) < 4.78 is 0. The Morgan fingerprint density at radius 2 is 0.878 bits per heavy atom. The van der Waals surface area contributed by atoms with Gasteiger partial charge in [-0.3, -0.25) is 0 Å². The molecule has 0 bridgehead atoms. The van der Waals surface area contributed by atoms with Gasteiger partial charge in [-0.15, -0.1) is 0 Å². The van der Waals surface area contributed by atoms with E-state index < -0.39 is 0 Å². The van der Waals surface area contributed by atoms with Crippen molar-refractivity contribution in [3.05, 3.63) is 72.3 Å². The van der Waals surface area contributed by atoms with E-state index in [0.717, 1.165) is 69.3 Å². The fraction of sp³-hybridized carbons (Fsp3) is 0.457. The minimum absolute atomic E-state index is 0.926. The van der Waals surface area contributed by atoms with Gasteiger partial charge in [0.2, 0.25) is 0 Å². The second-order valence-electron chi connectivity index (χ2n) is 9.95. The summed E-state index contributed by atoms with van der Waals surface area (Å²) in [6.07, 6.45) is 2.08. The molecule has 0 radical (unpaired) electrons. The molecule has 0 saturated heterocycles. The molecular formula is C35H52N6. The summed E-state index contributed by atoms with van der Waals surface area (Å²) in [7, 11) is 0. The van der Waals surface area contributed by atoms with E-state index in [-0.39, 0.29) is 0 Å². The molecule has 3 rings (SSSR count). The molecule has 0 saturated carbocycles. The summed E-state index contributed by atoms with van der Waals surface area (Å²) in [6.45, 7) is 25.6. The highest BCUT2D eigenvalue weighted by Gasteiger charge is 2.28. The van der Waals surface area contributed by atoms with E-state index >= 15 is 0 Å². The molecule has 0 fully saturated rings. The van der Waals surface area contributed by atoms with Gasteiger partial charge >= 0.3 is 0 Å². The zero-order valence-corrected chi connectivity index (χ0v) is 26.8. The lowest BCUT2D eigenvalue weighted by Gasteiger charge is -2.39. The first-order chi connectivity index (χ1) is 20.0. The summed E-state index contributed by atoms with van der Waals surface area (Å²) in [4.78, 5) is 10.1. The molecule has 0 aliphatic rings. The van der Waals surface area contributed by atoms with Gasteiger partial charge in [0.25, 0.3) is 0 Å². The first-order valence-electron chi connectivity index (χ1n) is 15.7. The van der Waals surface area contributed by atoms with Crippen LogP contribution >= 0.6 is 0 Å². The van der Waals surface area contributed by atoms with Crippen LogP contribution in [0.5, 0.6) is 0 Å². The summed E-state index contributed by atoms with van der Waals surface area (Å²) in [5.74, 6) is 0. The third kappa shape index (κ3) is 7.16. The average Bonchev–Trinajstić information content (AvgIpc) is 3.02. The lowest BCUT2D eigenvalue weighted by molar-refractivity contribution is 0.803. The second-order valence-corrected chi connectivity index (χ2v) is 9.95. The average molecular weight is 557 g/mol. The van der Waals surface area contributed by atoms with Gasteiger partial charge in [-0.25, -0.2) is 5.01 Å². The lowest BCUT2D eigenvalue weighted by atomic mass is 10.0. The molecule has 222 valence electrons. The molecule has 0 amide bonds. The molecule has 6 heteroatoms. The second kappa shape index (κ2) is 15.9. The predicted octanol–water partition coefficient (Wildman–Crippen LogP) is 8.24. The molecule has 0 aliphatic carbocycles. The standard InChI is InChI=1S/C35H52N6/c1-9-37(10-2)32-27-29(28-36-41(30-23-19-17-20-24-30)31-25-21-18-22-26-31)33(38(11-3)12-4)35(40(15-7)16-8)34(32)39(13-5)14-6/h17-28H,9-16H2,1-8H3. The predicted molar refractivity (Wildman–Crippen MR) is 183 cm³/mol. The maximum atomic E-state index is 5.20. The number of rotatable bonds is 16. The molecule has 3 aromatic carbocycles. The molecule has 41 heavy (non-hydrogen) atoms. The number of hydrazone groups is 1. The van der Waals surface area contributed by atoms with Crippen molar-refractivity contribution in [1.29, 1.82) is 0 Å². The SMILES string of the molecule is CCN(CC)c1cc(C=NN(c2ccccc2)c2ccccc2)c(N(CC)CC)c(N(CC)CC)c1N(CC)CC. The third-order valence-electron chi connectivity index (χ3n) is 7.91. The van der Waals surface area contributed by atoms with Crippen LogP contribution in [0.25, 0.3) is 0 Å². The van der Waals surface area contributed by atoms with Crippen LogP contribution < -0.4 is 24.6 Å². The van der Waals surface area contributed by atoms with E-state index in [9.17, 15) is 0 Å². The quantitative estimate of drug-likeness (QED) is 0.131. The van der Waals surface area contributed by atoms with E-state index in [1.54, 1.807) is 0 Å². The summed E-state index contributed by atoms with van der Waals surface area (Å²) in [5, 5.41) is 7.24. The molecule has 0 spiro atoms. The molecule has 0 heterocycles. The van der Waals surface area contributed by atoms with Crippen molar-refractivity contribution in [2.24, 2.45) is 5.10 Å². The maximum Gasteiger partial charge on any atom is 0.0869 e. The Labute approximate surface area is 249 Å². The minimum Gasteiger partial charge on any atom is -0.370 e. The van der Waals surface area contributed by atoms with Crippen LogP contribution in [0.4, 0.5) is 34.1 Å². The van der Waals surface area contributed by atoms with Gasteiger partial charge in [-0.2, -0.15) is 5.10 Å². The molecule has 6 nitrogen and oxygen atoms in total. The van der Waals surface area contributed by atoms with Gasteiger partial charge in [0.05, 0.1) is 40.3 Å². The van der Waals surface area contributed by atoms with Gasteiger partial charge in [0.1, 0.15) is 0 Å². The Balaban J connectivity index is 2.42. The smallest absolute Gasteiger partial charge is 0.0869 e. The van der Waals surface area contributed by atoms with Crippen molar-refractivity contribution in [3.8, 4) is 0 Å². The van der Waals surface area contributed by atoms with Gasteiger partial charge in [-0.05, 0) is 85.7 Å².